The molecule has 1 aromatic rings. The van der Waals surface area contributed by atoms with Gasteiger partial charge in [0.05, 0.1) is 6.61 Å². The number of ether oxygens (including phenoxy) is 1. The molecule has 1 N–H and O–H groups in total. The van der Waals surface area contributed by atoms with Crippen molar-refractivity contribution in [3.8, 4) is 0 Å². The number of nitrogens with one attached hydrogen (secondary N) is 1. The van der Waals surface area contributed by atoms with E-state index in [0.717, 1.165) is 13.0 Å². The highest BCUT2D eigenvalue weighted by Crippen LogP contribution is 2.24. The minimum Gasteiger partial charge on any atom is -0.384 e. The van der Waals surface area contributed by atoms with Gasteiger partial charge in [0.25, 0.3) is 0 Å². The quantitative estimate of drug-likeness (QED) is 0.854. The molecule has 0 bridgehead atoms. The van der Waals surface area contributed by atoms with Crippen molar-refractivity contribution in [2.24, 2.45) is 5.92 Å². The van der Waals surface area contributed by atoms with E-state index in [1.807, 2.05) is 6.92 Å². The molecule has 1 fully saturated rings. The summed E-state index contributed by atoms with van der Waals surface area (Å²) in [7, 11) is -1.79. The molecule has 1 atom stereocenters. The first-order valence-corrected chi connectivity index (χ1v) is 8.21. The number of methoxy groups -OCH3 is 1. The molecule has 2 heterocycles. The number of sulfonamides is 1. The van der Waals surface area contributed by atoms with Crippen molar-refractivity contribution in [2.75, 3.05) is 38.7 Å². The molecule has 112 valence electrons. The summed E-state index contributed by atoms with van der Waals surface area (Å²) in [4.78, 5) is 4.37. The van der Waals surface area contributed by atoms with Crippen LogP contribution in [0.4, 0.5) is 5.82 Å². The second kappa shape index (κ2) is 6.51. The summed E-state index contributed by atoms with van der Waals surface area (Å²) in [6, 6.07) is 3.29. The third-order valence-corrected chi connectivity index (χ3v) is 5.23. The summed E-state index contributed by atoms with van der Waals surface area (Å²) in [5.74, 6) is 0.967. The van der Waals surface area contributed by atoms with E-state index >= 15 is 0 Å². The van der Waals surface area contributed by atoms with Gasteiger partial charge < -0.3 is 10.1 Å². The molecule has 0 amide bonds. The molecule has 1 aliphatic heterocycles. The van der Waals surface area contributed by atoms with Crippen molar-refractivity contribution in [3.05, 3.63) is 18.3 Å². The number of hydrogen-bond acceptors (Lipinski definition) is 5. The van der Waals surface area contributed by atoms with Crippen LogP contribution in [0.15, 0.2) is 23.2 Å². The highest BCUT2D eigenvalue weighted by Gasteiger charge is 2.32. The van der Waals surface area contributed by atoms with Crippen molar-refractivity contribution < 1.29 is 13.2 Å². The van der Waals surface area contributed by atoms with Crippen molar-refractivity contribution in [1.29, 1.82) is 0 Å². The molecule has 1 saturated heterocycles. The average Bonchev–Trinajstić information content (AvgIpc) is 2.90. The smallest absolute Gasteiger partial charge is 0.244 e. The molecule has 0 radical (unpaired) electrons. The van der Waals surface area contributed by atoms with Crippen LogP contribution >= 0.6 is 0 Å². The van der Waals surface area contributed by atoms with Crippen molar-refractivity contribution in [2.45, 2.75) is 18.2 Å². The summed E-state index contributed by atoms with van der Waals surface area (Å²) in [6.07, 6.45) is 2.26. The molecular weight excluding hydrogens is 278 g/mol. The van der Waals surface area contributed by atoms with Gasteiger partial charge in [0.1, 0.15) is 10.7 Å². The topological polar surface area (TPSA) is 71.5 Å². The fourth-order valence-corrected chi connectivity index (χ4v) is 3.83. The molecule has 0 aromatic carbocycles. The molecule has 20 heavy (non-hydrogen) atoms. The Kier molecular flexibility index (Phi) is 4.95. The van der Waals surface area contributed by atoms with Gasteiger partial charge in [0.15, 0.2) is 0 Å². The van der Waals surface area contributed by atoms with Gasteiger partial charge in [0.2, 0.25) is 10.0 Å². The third-order valence-electron chi connectivity index (χ3n) is 3.38. The predicted octanol–water partition coefficient (Wildman–Crippen LogP) is 1.17. The first-order valence-electron chi connectivity index (χ1n) is 6.77. The summed E-state index contributed by atoms with van der Waals surface area (Å²) in [5, 5.41) is 3.04. The maximum absolute atomic E-state index is 12.5. The number of aromatic nitrogens is 1. The number of anilines is 1. The highest BCUT2D eigenvalue weighted by molar-refractivity contribution is 7.89. The second-order valence-corrected chi connectivity index (χ2v) is 6.82. The lowest BCUT2D eigenvalue weighted by atomic mass is 10.1. The van der Waals surface area contributed by atoms with E-state index in [1.165, 1.54) is 10.5 Å². The molecule has 0 saturated carbocycles. The van der Waals surface area contributed by atoms with Gasteiger partial charge in [0, 0.05) is 32.9 Å². The minimum absolute atomic E-state index is 0.247. The minimum atomic E-state index is -3.43. The molecule has 1 aliphatic rings. The maximum Gasteiger partial charge on any atom is 0.244 e. The van der Waals surface area contributed by atoms with Crippen molar-refractivity contribution in [3.63, 3.8) is 0 Å². The monoisotopic (exact) mass is 299 g/mol. The largest absolute Gasteiger partial charge is 0.384 e. The number of nitrogens with zero attached hydrogens (tertiary/aromatic N) is 2. The fraction of sp³-hybridized carbons (Fsp3) is 0.615. The summed E-state index contributed by atoms with van der Waals surface area (Å²) < 4.78 is 31.6. The van der Waals surface area contributed by atoms with Gasteiger partial charge in [-0.05, 0) is 31.4 Å². The molecule has 2 rings (SSSR count). The summed E-state index contributed by atoms with van der Waals surface area (Å²) in [5.41, 5.74) is 0. The molecule has 1 aromatic heterocycles. The van der Waals surface area contributed by atoms with E-state index < -0.39 is 10.0 Å². The van der Waals surface area contributed by atoms with Gasteiger partial charge in [-0.15, -0.1) is 0 Å². The van der Waals surface area contributed by atoms with E-state index in [4.69, 9.17) is 4.74 Å². The maximum atomic E-state index is 12.5. The zero-order chi connectivity index (χ0) is 14.6. The van der Waals surface area contributed by atoms with E-state index in [-0.39, 0.29) is 10.8 Å². The Bertz CT molecular complexity index is 530. The molecule has 0 spiro atoms. The predicted molar refractivity (Wildman–Crippen MR) is 77.1 cm³/mol. The lowest BCUT2D eigenvalue weighted by Gasteiger charge is -2.16. The van der Waals surface area contributed by atoms with Crippen molar-refractivity contribution >= 4 is 15.8 Å². The first-order chi connectivity index (χ1) is 9.57. The summed E-state index contributed by atoms with van der Waals surface area (Å²) >= 11 is 0. The van der Waals surface area contributed by atoms with Crippen LogP contribution in [-0.4, -0.2) is 51.1 Å². The summed E-state index contributed by atoms with van der Waals surface area (Å²) in [6.45, 7) is 4.39. The Morgan fingerprint density at radius 3 is 2.90 bits per heavy atom. The van der Waals surface area contributed by atoms with Crippen molar-refractivity contribution in [1.82, 2.24) is 9.29 Å². The van der Waals surface area contributed by atoms with Crippen LogP contribution in [0.3, 0.4) is 0 Å². The fourth-order valence-electron chi connectivity index (χ4n) is 2.35. The van der Waals surface area contributed by atoms with Gasteiger partial charge in [-0.3, -0.25) is 0 Å². The molecule has 7 heteroatoms. The normalized spacial score (nSPS) is 20.2. The Labute approximate surface area is 120 Å². The molecule has 1 unspecified atom stereocenters. The van der Waals surface area contributed by atoms with Gasteiger partial charge >= 0.3 is 0 Å². The number of pyridine rings is 1. The zero-order valence-corrected chi connectivity index (χ0v) is 12.7. The van der Waals surface area contributed by atoms with E-state index in [2.05, 4.69) is 10.3 Å². The second-order valence-electron chi connectivity index (χ2n) is 4.88. The van der Waals surface area contributed by atoms with Crippen LogP contribution in [0.5, 0.6) is 0 Å². The number of hydrogen-bond donors (Lipinski definition) is 1. The van der Waals surface area contributed by atoms with Crippen LogP contribution in [0.25, 0.3) is 0 Å². The van der Waals surface area contributed by atoms with Gasteiger partial charge in [-0.2, -0.15) is 4.31 Å². The Morgan fingerprint density at radius 1 is 1.50 bits per heavy atom. The SMILES string of the molecule is CCNc1ccc(S(=O)(=O)N2CCC(COC)C2)cn1. The van der Waals surface area contributed by atoms with E-state index in [1.54, 1.807) is 19.2 Å². The van der Waals surface area contributed by atoms with Crippen LogP contribution in [0.2, 0.25) is 0 Å². The van der Waals surface area contributed by atoms with E-state index in [0.29, 0.717) is 25.5 Å². The first kappa shape index (κ1) is 15.2. The Balaban J connectivity index is 2.10. The molecule has 6 nitrogen and oxygen atoms in total. The average molecular weight is 299 g/mol. The van der Waals surface area contributed by atoms with Crippen LogP contribution in [0.1, 0.15) is 13.3 Å². The third kappa shape index (κ3) is 3.28. The van der Waals surface area contributed by atoms with Crippen LogP contribution < -0.4 is 5.32 Å². The Hall–Kier alpha value is -1.18. The standard InChI is InChI=1S/C13H21N3O3S/c1-3-14-13-5-4-12(8-15-13)20(17,18)16-7-6-11(9-16)10-19-2/h4-5,8,11H,3,6-7,9-10H2,1-2H3,(H,14,15). The van der Waals surface area contributed by atoms with Crippen LogP contribution in [0, 0.1) is 5.92 Å². The van der Waals surface area contributed by atoms with E-state index in [9.17, 15) is 8.42 Å². The van der Waals surface area contributed by atoms with Crippen LogP contribution in [-0.2, 0) is 14.8 Å². The molecular formula is C13H21N3O3S. The lowest BCUT2D eigenvalue weighted by molar-refractivity contribution is 0.157. The Morgan fingerprint density at radius 2 is 2.30 bits per heavy atom. The van der Waals surface area contributed by atoms with Gasteiger partial charge in [-0.1, -0.05) is 0 Å². The molecule has 0 aliphatic carbocycles. The zero-order valence-electron chi connectivity index (χ0n) is 11.9. The lowest BCUT2D eigenvalue weighted by Crippen LogP contribution is -2.29. The highest BCUT2D eigenvalue weighted by atomic mass is 32.2. The van der Waals surface area contributed by atoms with Gasteiger partial charge in [-0.25, -0.2) is 13.4 Å². The number of rotatable bonds is 6.